The first-order valence-electron chi connectivity index (χ1n) is 15.8. The van der Waals surface area contributed by atoms with Crippen molar-refractivity contribution in [3.8, 4) is 11.4 Å². The standard InChI is InChI=1S/C36H36Cl2F2N6O4/c37-27-8-1-21(15-28(27)38)16-30(41)36(50)44-31(19-34(42)49)23-4-10-33-32(18-23)43-35(46(33)20-24-17-25(39)5-9-29(24)40)22-2-6-26(7-3-22)45(11-13-47)12-14-48/h1-10,15,17-18,30-31,47-48H,11-14,16,19-20,41H2,(H2,42,49)(H,44,50)/t30-,31?/m0/s1. The molecule has 0 bridgehead atoms. The first kappa shape index (κ1) is 36.7. The number of halogens is 4. The number of imidazole rings is 1. The summed E-state index contributed by atoms with van der Waals surface area (Å²) in [7, 11) is 0. The highest BCUT2D eigenvalue weighted by molar-refractivity contribution is 6.42. The van der Waals surface area contributed by atoms with E-state index in [0.717, 1.165) is 23.9 Å². The Morgan fingerprint density at radius 3 is 2.30 bits per heavy atom. The maximum Gasteiger partial charge on any atom is 0.237 e. The molecule has 5 rings (SSSR count). The number of aliphatic hydroxyl groups excluding tert-OH is 2. The highest BCUT2D eigenvalue weighted by Gasteiger charge is 2.24. The van der Waals surface area contributed by atoms with Crippen molar-refractivity contribution in [1.29, 1.82) is 0 Å². The van der Waals surface area contributed by atoms with E-state index in [1.54, 1.807) is 41.0 Å². The minimum Gasteiger partial charge on any atom is -0.395 e. The van der Waals surface area contributed by atoms with E-state index in [0.29, 0.717) is 56.7 Å². The minimum absolute atomic E-state index is 0.0529. The first-order valence-corrected chi connectivity index (χ1v) is 16.5. The monoisotopic (exact) mass is 724 g/mol. The molecule has 262 valence electrons. The van der Waals surface area contributed by atoms with Gasteiger partial charge in [0.2, 0.25) is 11.8 Å². The summed E-state index contributed by atoms with van der Waals surface area (Å²) in [6.07, 6.45) is -0.0650. The third-order valence-electron chi connectivity index (χ3n) is 8.24. The Morgan fingerprint density at radius 1 is 0.920 bits per heavy atom. The fourth-order valence-corrected chi connectivity index (χ4v) is 6.08. The molecule has 7 N–H and O–H groups in total. The van der Waals surface area contributed by atoms with Gasteiger partial charge in [-0.2, -0.15) is 0 Å². The fourth-order valence-electron chi connectivity index (χ4n) is 5.76. The van der Waals surface area contributed by atoms with Crippen molar-refractivity contribution >= 4 is 51.7 Å². The van der Waals surface area contributed by atoms with Crippen LogP contribution in [0.1, 0.15) is 29.2 Å². The Labute approximate surface area is 297 Å². The summed E-state index contributed by atoms with van der Waals surface area (Å²) < 4.78 is 30.8. The largest absolute Gasteiger partial charge is 0.395 e. The number of amides is 2. The zero-order chi connectivity index (χ0) is 35.9. The Balaban J connectivity index is 1.50. The molecule has 2 atom stereocenters. The van der Waals surface area contributed by atoms with E-state index in [1.165, 1.54) is 0 Å². The third kappa shape index (κ3) is 8.76. The molecule has 2 amide bonds. The maximum atomic E-state index is 14.9. The van der Waals surface area contributed by atoms with Crippen LogP contribution >= 0.6 is 23.2 Å². The minimum atomic E-state index is -0.980. The number of carbonyl (C=O) groups is 2. The summed E-state index contributed by atoms with van der Waals surface area (Å²) in [6, 6.07) is 18.8. The molecule has 0 aliphatic carbocycles. The summed E-state index contributed by atoms with van der Waals surface area (Å²) in [4.78, 5) is 32.0. The smallest absolute Gasteiger partial charge is 0.237 e. The van der Waals surface area contributed by atoms with Gasteiger partial charge in [-0.15, -0.1) is 0 Å². The average Bonchev–Trinajstić information content (AvgIpc) is 3.44. The van der Waals surface area contributed by atoms with Crippen LogP contribution < -0.4 is 21.7 Å². The molecule has 10 nitrogen and oxygen atoms in total. The predicted octanol–water partition coefficient (Wildman–Crippen LogP) is 4.73. The number of primary amides is 1. The molecular weight excluding hydrogens is 689 g/mol. The second-order valence-corrected chi connectivity index (χ2v) is 12.6. The number of anilines is 1. The SMILES string of the molecule is NC(=O)CC(NC(=O)[C@@H](N)Cc1ccc(Cl)c(Cl)c1)c1ccc2c(c1)nc(-c1ccc(N(CCO)CCO)cc1)n2Cc1cc(F)ccc1F. The van der Waals surface area contributed by atoms with Crippen LogP contribution in [0.4, 0.5) is 14.5 Å². The van der Waals surface area contributed by atoms with Crippen molar-refractivity contribution in [2.75, 3.05) is 31.2 Å². The molecule has 0 saturated heterocycles. The average molecular weight is 726 g/mol. The van der Waals surface area contributed by atoms with Crippen molar-refractivity contribution in [3.63, 3.8) is 0 Å². The number of nitrogens with two attached hydrogens (primary N) is 2. The number of hydrogen-bond donors (Lipinski definition) is 5. The molecule has 0 fully saturated rings. The lowest BCUT2D eigenvalue weighted by Crippen LogP contribution is -2.44. The molecule has 1 heterocycles. The zero-order valence-electron chi connectivity index (χ0n) is 26.8. The van der Waals surface area contributed by atoms with Crippen molar-refractivity contribution in [2.45, 2.75) is 31.5 Å². The molecular formula is C36H36Cl2F2N6O4. The van der Waals surface area contributed by atoms with Gasteiger partial charge in [0, 0.05) is 29.9 Å². The highest BCUT2D eigenvalue weighted by Crippen LogP contribution is 2.31. The number of nitrogens with one attached hydrogen (secondary N) is 1. The van der Waals surface area contributed by atoms with E-state index in [1.807, 2.05) is 29.2 Å². The first-order chi connectivity index (χ1) is 24.0. The molecule has 0 spiro atoms. The summed E-state index contributed by atoms with van der Waals surface area (Å²) >= 11 is 12.1. The molecule has 14 heteroatoms. The van der Waals surface area contributed by atoms with Gasteiger partial charge in [0.1, 0.15) is 17.5 Å². The number of aliphatic hydroxyl groups is 2. The molecule has 1 aromatic heterocycles. The summed E-state index contributed by atoms with van der Waals surface area (Å²) in [5.41, 5.74) is 15.6. The van der Waals surface area contributed by atoms with Gasteiger partial charge in [0.15, 0.2) is 0 Å². The fraction of sp³-hybridized carbons (Fsp3) is 0.250. The van der Waals surface area contributed by atoms with Crippen molar-refractivity contribution in [3.05, 3.63) is 117 Å². The lowest BCUT2D eigenvalue weighted by molar-refractivity contribution is -0.123. The van der Waals surface area contributed by atoms with Gasteiger partial charge in [-0.1, -0.05) is 35.3 Å². The van der Waals surface area contributed by atoms with Crippen molar-refractivity contribution in [1.82, 2.24) is 14.9 Å². The molecule has 0 aliphatic heterocycles. The number of rotatable bonds is 15. The number of hydrogen-bond acceptors (Lipinski definition) is 7. The van der Waals surface area contributed by atoms with E-state index in [-0.39, 0.29) is 38.2 Å². The number of aromatic nitrogens is 2. The predicted molar refractivity (Wildman–Crippen MR) is 190 cm³/mol. The Hall–Kier alpha value is -4.59. The van der Waals surface area contributed by atoms with E-state index in [2.05, 4.69) is 5.32 Å². The number of benzene rings is 4. The molecule has 50 heavy (non-hydrogen) atoms. The van der Waals surface area contributed by atoms with Crippen LogP contribution in [0, 0.1) is 11.6 Å². The van der Waals surface area contributed by atoms with Crippen LogP contribution in [-0.2, 0) is 22.6 Å². The Bertz CT molecular complexity index is 1990. The van der Waals surface area contributed by atoms with E-state index in [4.69, 9.17) is 39.7 Å². The van der Waals surface area contributed by atoms with E-state index < -0.39 is 35.5 Å². The van der Waals surface area contributed by atoms with Gasteiger partial charge in [0.05, 0.1) is 59.3 Å². The van der Waals surface area contributed by atoms with E-state index >= 15 is 0 Å². The molecule has 5 aromatic rings. The summed E-state index contributed by atoms with van der Waals surface area (Å²) in [6.45, 7) is 0.397. The highest BCUT2D eigenvalue weighted by atomic mass is 35.5. The van der Waals surface area contributed by atoms with Gasteiger partial charge in [-0.3, -0.25) is 9.59 Å². The van der Waals surface area contributed by atoms with Gasteiger partial charge in [-0.05, 0) is 84.3 Å². The van der Waals surface area contributed by atoms with Crippen LogP contribution in [0.5, 0.6) is 0 Å². The van der Waals surface area contributed by atoms with Crippen LogP contribution in [0.2, 0.25) is 10.0 Å². The summed E-state index contributed by atoms with van der Waals surface area (Å²) in [5, 5.41) is 22.5. The van der Waals surface area contributed by atoms with Crippen molar-refractivity contribution in [2.24, 2.45) is 11.5 Å². The molecule has 1 unspecified atom stereocenters. The lowest BCUT2D eigenvalue weighted by Gasteiger charge is -2.23. The molecule has 0 aliphatic rings. The van der Waals surface area contributed by atoms with Gasteiger partial charge >= 0.3 is 0 Å². The Kier molecular flexibility index (Phi) is 12.0. The second-order valence-electron chi connectivity index (χ2n) is 11.8. The molecule has 0 radical (unpaired) electrons. The molecule has 4 aromatic carbocycles. The van der Waals surface area contributed by atoms with Crippen molar-refractivity contribution < 1.29 is 28.6 Å². The van der Waals surface area contributed by atoms with Crippen LogP contribution in [0.25, 0.3) is 22.4 Å². The number of fused-ring (bicyclic) bond motifs is 1. The van der Waals surface area contributed by atoms with Gasteiger partial charge in [0.25, 0.3) is 0 Å². The van der Waals surface area contributed by atoms with E-state index in [9.17, 15) is 28.6 Å². The van der Waals surface area contributed by atoms with Crippen LogP contribution in [0.15, 0.2) is 78.9 Å². The van der Waals surface area contributed by atoms with Gasteiger partial charge < -0.3 is 36.5 Å². The Morgan fingerprint density at radius 2 is 1.64 bits per heavy atom. The number of carbonyl (C=O) groups excluding carboxylic acids is 2. The lowest BCUT2D eigenvalue weighted by atomic mass is 10.0. The maximum absolute atomic E-state index is 14.9. The van der Waals surface area contributed by atoms with Crippen LogP contribution in [-0.4, -0.2) is 63.9 Å². The van der Waals surface area contributed by atoms with Crippen LogP contribution in [0.3, 0.4) is 0 Å². The summed E-state index contributed by atoms with van der Waals surface area (Å²) in [5.74, 6) is -1.91. The number of nitrogens with zero attached hydrogens (tertiary/aromatic N) is 3. The topological polar surface area (TPSA) is 160 Å². The van der Waals surface area contributed by atoms with Gasteiger partial charge in [-0.25, -0.2) is 13.8 Å². The zero-order valence-corrected chi connectivity index (χ0v) is 28.3. The second kappa shape index (κ2) is 16.4. The molecule has 0 saturated carbocycles. The third-order valence-corrected chi connectivity index (χ3v) is 8.98. The normalized spacial score (nSPS) is 12.5. The quantitative estimate of drug-likeness (QED) is 0.104.